The summed E-state index contributed by atoms with van der Waals surface area (Å²) in [4.78, 5) is 0.965. The Bertz CT molecular complexity index is 904. The van der Waals surface area contributed by atoms with Crippen molar-refractivity contribution in [1.82, 2.24) is 0 Å². The molecular weight excluding hydrogens is 411 g/mol. The van der Waals surface area contributed by atoms with Crippen LogP contribution in [0.1, 0.15) is 13.8 Å². The largest absolute Gasteiger partial charge is 0.395 e. The van der Waals surface area contributed by atoms with Gasteiger partial charge >= 0.3 is 0 Å². The van der Waals surface area contributed by atoms with Crippen LogP contribution >= 0.6 is 18.9 Å². The maximum Gasteiger partial charge on any atom is 0.149 e. The molecule has 0 aromatic heterocycles. The second-order valence-corrected chi connectivity index (χ2v) is 12.0. The van der Waals surface area contributed by atoms with Crippen LogP contribution in [0.4, 0.5) is 0 Å². The molecule has 3 aromatic rings. The van der Waals surface area contributed by atoms with Crippen molar-refractivity contribution >= 4 is 29.5 Å². The lowest BCUT2D eigenvalue weighted by molar-refractivity contribution is 0.123. The molecule has 3 rings (SSSR count). The summed E-state index contributed by atoms with van der Waals surface area (Å²) in [5.41, 5.74) is -0.532. The SMILES string of the molecule is CC(C)[C@H]([C@@H](O)[C@H](CO)Sc1ccccc1)P(=O)(c1ccccc1)c1ccccc1. The van der Waals surface area contributed by atoms with E-state index in [0.29, 0.717) is 0 Å². The van der Waals surface area contributed by atoms with Crippen LogP contribution in [0.15, 0.2) is 95.9 Å². The highest BCUT2D eigenvalue weighted by molar-refractivity contribution is 8.00. The predicted molar refractivity (Wildman–Crippen MR) is 128 cm³/mol. The number of rotatable bonds is 9. The van der Waals surface area contributed by atoms with Gasteiger partial charge in [0.15, 0.2) is 0 Å². The molecule has 0 spiro atoms. The molecule has 2 N–H and O–H groups in total. The Hall–Kier alpha value is -1.84. The highest BCUT2D eigenvalue weighted by atomic mass is 32.2. The average Bonchev–Trinajstić information content (AvgIpc) is 2.79. The van der Waals surface area contributed by atoms with Gasteiger partial charge in [0.05, 0.1) is 18.0 Å². The quantitative estimate of drug-likeness (QED) is 0.379. The molecule has 0 unspecified atom stereocenters. The molecule has 5 heteroatoms. The molecule has 0 heterocycles. The highest BCUT2D eigenvalue weighted by Crippen LogP contribution is 2.54. The predicted octanol–water partition coefficient (Wildman–Crippen LogP) is 4.54. The Morgan fingerprint density at radius 2 is 1.23 bits per heavy atom. The molecule has 0 aliphatic rings. The summed E-state index contributed by atoms with van der Waals surface area (Å²) in [6, 6.07) is 28.6. The van der Waals surface area contributed by atoms with E-state index in [9.17, 15) is 14.8 Å². The Morgan fingerprint density at radius 1 is 0.800 bits per heavy atom. The molecule has 0 aliphatic carbocycles. The molecule has 0 bridgehead atoms. The lowest BCUT2D eigenvalue weighted by Crippen LogP contribution is -2.44. The summed E-state index contributed by atoms with van der Waals surface area (Å²) in [6.07, 6.45) is -0.952. The molecule has 3 atom stereocenters. The van der Waals surface area contributed by atoms with Crippen molar-refractivity contribution in [1.29, 1.82) is 0 Å². The Morgan fingerprint density at radius 3 is 1.63 bits per heavy atom. The highest BCUT2D eigenvalue weighted by Gasteiger charge is 2.45. The Balaban J connectivity index is 2.07. The van der Waals surface area contributed by atoms with Crippen LogP contribution in [0.25, 0.3) is 0 Å². The van der Waals surface area contributed by atoms with Gasteiger partial charge in [0, 0.05) is 21.2 Å². The zero-order valence-corrected chi connectivity index (χ0v) is 19.0. The first kappa shape index (κ1) is 22.8. The normalized spacial score (nSPS) is 15.0. The van der Waals surface area contributed by atoms with E-state index < -0.39 is 24.2 Å². The van der Waals surface area contributed by atoms with E-state index in [4.69, 9.17) is 0 Å². The zero-order chi connectivity index (χ0) is 21.6. The summed E-state index contributed by atoms with van der Waals surface area (Å²) in [5, 5.41) is 22.6. The maximum atomic E-state index is 14.8. The monoisotopic (exact) mass is 440 g/mol. The fourth-order valence-corrected chi connectivity index (χ4v) is 8.79. The van der Waals surface area contributed by atoms with Gasteiger partial charge < -0.3 is 14.8 Å². The van der Waals surface area contributed by atoms with Crippen molar-refractivity contribution in [3.63, 3.8) is 0 Å². The first-order valence-corrected chi connectivity index (χ1v) is 12.9. The number of aliphatic hydroxyl groups is 2. The van der Waals surface area contributed by atoms with E-state index in [1.807, 2.05) is 105 Å². The molecule has 3 aromatic carbocycles. The first-order valence-electron chi connectivity index (χ1n) is 10.2. The van der Waals surface area contributed by atoms with E-state index in [2.05, 4.69) is 0 Å². The third kappa shape index (κ3) is 4.90. The molecule has 0 radical (unpaired) electrons. The minimum absolute atomic E-state index is 0.0586. The van der Waals surface area contributed by atoms with E-state index in [0.717, 1.165) is 15.5 Å². The van der Waals surface area contributed by atoms with Crippen molar-refractivity contribution in [3.8, 4) is 0 Å². The summed E-state index contributed by atoms with van der Waals surface area (Å²) in [6.45, 7) is 3.79. The minimum Gasteiger partial charge on any atom is -0.395 e. The second-order valence-electron chi connectivity index (χ2n) is 7.71. The van der Waals surface area contributed by atoms with E-state index in [-0.39, 0.29) is 12.5 Å². The van der Waals surface area contributed by atoms with Gasteiger partial charge in [-0.05, 0) is 18.1 Å². The molecule has 3 nitrogen and oxygen atoms in total. The summed E-state index contributed by atoms with van der Waals surface area (Å²) in [5.74, 6) is -0.0586. The molecule has 0 fully saturated rings. The van der Waals surface area contributed by atoms with Gasteiger partial charge in [-0.1, -0.05) is 92.7 Å². The van der Waals surface area contributed by atoms with Crippen LogP contribution in [-0.4, -0.2) is 33.8 Å². The topological polar surface area (TPSA) is 57.5 Å². The smallest absolute Gasteiger partial charge is 0.149 e. The lowest BCUT2D eigenvalue weighted by atomic mass is 10.0. The van der Waals surface area contributed by atoms with Gasteiger partial charge in [-0.3, -0.25) is 0 Å². The molecular formula is C25H29O3PS. The third-order valence-corrected chi connectivity index (χ3v) is 10.5. The van der Waals surface area contributed by atoms with Crippen molar-refractivity contribution in [2.45, 2.75) is 35.8 Å². The molecule has 30 heavy (non-hydrogen) atoms. The lowest BCUT2D eigenvalue weighted by Gasteiger charge is -2.37. The van der Waals surface area contributed by atoms with Gasteiger partial charge in [-0.2, -0.15) is 0 Å². The van der Waals surface area contributed by atoms with Crippen molar-refractivity contribution < 1.29 is 14.8 Å². The molecule has 0 amide bonds. The second kappa shape index (κ2) is 10.5. The van der Waals surface area contributed by atoms with Gasteiger partial charge in [-0.15, -0.1) is 11.8 Å². The first-order chi connectivity index (χ1) is 14.5. The van der Waals surface area contributed by atoms with E-state index in [1.165, 1.54) is 11.8 Å². The van der Waals surface area contributed by atoms with Gasteiger partial charge in [0.2, 0.25) is 0 Å². The Kier molecular flexibility index (Phi) is 7.96. The standard InChI is InChI=1S/C25H29O3PS/c1-19(2)25(24(27)23(18-26)30-22-16-10-5-11-17-22)29(28,20-12-6-3-7-13-20)21-14-8-4-9-15-21/h3-17,19,23-27H,18H2,1-2H3/t23-,24-,25+/m0/s1. The molecule has 0 saturated heterocycles. The van der Waals surface area contributed by atoms with Crippen LogP contribution in [-0.2, 0) is 4.57 Å². The zero-order valence-electron chi connectivity index (χ0n) is 17.3. The fourth-order valence-electron chi connectivity index (χ4n) is 3.93. The average molecular weight is 441 g/mol. The van der Waals surface area contributed by atoms with Crippen molar-refractivity contribution in [3.05, 3.63) is 91.0 Å². The summed E-state index contributed by atoms with van der Waals surface area (Å²) in [7, 11) is -3.19. The van der Waals surface area contributed by atoms with Gasteiger partial charge in [-0.25, -0.2) is 0 Å². The van der Waals surface area contributed by atoms with Crippen LogP contribution in [0.2, 0.25) is 0 Å². The number of benzene rings is 3. The van der Waals surface area contributed by atoms with E-state index >= 15 is 0 Å². The van der Waals surface area contributed by atoms with Crippen LogP contribution in [0.5, 0.6) is 0 Å². The molecule has 158 valence electrons. The summed E-state index contributed by atoms with van der Waals surface area (Å²) >= 11 is 1.43. The minimum atomic E-state index is -3.19. The number of hydrogen-bond donors (Lipinski definition) is 2. The van der Waals surface area contributed by atoms with Crippen molar-refractivity contribution in [2.75, 3.05) is 6.61 Å². The summed E-state index contributed by atoms with van der Waals surface area (Å²) < 4.78 is 14.8. The number of aliphatic hydroxyl groups excluding tert-OH is 2. The number of hydrogen-bond acceptors (Lipinski definition) is 4. The van der Waals surface area contributed by atoms with Gasteiger partial charge in [0.1, 0.15) is 7.14 Å². The maximum absolute atomic E-state index is 14.8. The third-order valence-electron chi connectivity index (χ3n) is 5.32. The van der Waals surface area contributed by atoms with Crippen LogP contribution < -0.4 is 10.6 Å². The molecule has 0 aliphatic heterocycles. The van der Waals surface area contributed by atoms with Crippen LogP contribution in [0, 0.1) is 5.92 Å². The van der Waals surface area contributed by atoms with E-state index in [1.54, 1.807) is 0 Å². The van der Waals surface area contributed by atoms with Gasteiger partial charge in [0.25, 0.3) is 0 Å². The van der Waals surface area contributed by atoms with Crippen LogP contribution in [0.3, 0.4) is 0 Å². The fraction of sp³-hybridized carbons (Fsp3) is 0.280. The Labute approximate surface area is 183 Å². The number of thioether (sulfide) groups is 1. The molecule has 0 saturated carbocycles. The van der Waals surface area contributed by atoms with Crippen molar-refractivity contribution in [2.24, 2.45) is 5.92 Å².